The minimum absolute atomic E-state index is 0.212. The Morgan fingerprint density at radius 1 is 1.24 bits per heavy atom. The molecule has 2 rings (SSSR count). The van der Waals surface area contributed by atoms with Crippen molar-refractivity contribution in [2.24, 2.45) is 0 Å². The highest BCUT2D eigenvalue weighted by molar-refractivity contribution is 6.42. The third kappa shape index (κ3) is 4.19. The summed E-state index contributed by atoms with van der Waals surface area (Å²) in [5.41, 5.74) is 3.51. The number of benzene rings is 1. The van der Waals surface area contributed by atoms with Gasteiger partial charge in [0.25, 0.3) is 0 Å². The molecule has 0 saturated carbocycles. The highest BCUT2D eigenvalue weighted by Gasteiger charge is 2.16. The Kier molecular flexibility index (Phi) is 6.04. The summed E-state index contributed by atoms with van der Waals surface area (Å²) in [5, 5.41) is 4.85. The van der Waals surface area contributed by atoms with Crippen LogP contribution in [-0.4, -0.2) is 11.5 Å². The van der Waals surface area contributed by atoms with Gasteiger partial charge in [-0.1, -0.05) is 42.3 Å². The van der Waals surface area contributed by atoms with Crippen LogP contribution in [0.3, 0.4) is 0 Å². The van der Waals surface area contributed by atoms with E-state index in [9.17, 15) is 0 Å². The van der Waals surface area contributed by atoms with E-state index in [2.05, 4.69) is 30.2 Å². The fourth-order valence-electron chi connectivity index (χ4n) is 2.41. The molecule has 1 unspecified atom stereocenters. The highest BCUT2D eigenvalue weighted by Crippen LogP contribution is 2.30. The summed E-state index contributed by atoms with van der Waals surface area (Å²) in [6.45, 7) is 5.21. The van der Waals surface area contributed by atoms with Gasteiger partial charge in [-0.05, 0) is 55.1 Å². The van der Waals surface area contributed by atoms with Gasteiger partial charge in [-0.2, -0.15) is 0 Å². The quantitative estimate of drug-likeness (QED) is 0.811. The van der Waals surface area contributed by atoms with Gasteiger partial charge in [-0.3, -0.25) is 4.98 Å². The largest absolute Gasteiger partial charge is 0.310 e. The van der Waals surface area contributed by atoms with Gasteiger partial charge in [0.1, 0.15) is 0 Å². The second-order valence-electron chi connectivity index (χ2n) is 5.16. The van der Waals surface area contributed by atoms with Gasteiger partial charge < -0.3 is 5.32 Å². The molecule has 0 aliphatic heterocycles. The van der Waals surface area contributed by atoms with E-state index in [1.807, 2.05) is 30.6 Å². The van der Waals surface area contributed by atoms with Gasteiger partial charge in [-0.15, -0.1) is 0 Å². The minimum atomic E-state index is 0.212. The lowest BCUT2D eigenvalue weighted by atomic mass is 9.96. The molecule has 0 bridgehead atoms. The van der Waals surface area contributed by atoms with E-state index in [0.717, 1.165) is 24.9 Å². The molecule has 0 radical (unpaired) electrons. The molecular formula is C17H20Cl2N2. The predicted octanol–water partition coefficient (Wildman–Crippen LogP) is 4.98. The van der Waals surface area contributed by atoms with Crippen molar-refractivity contribution in [2.45, 2.75) is 32.7 Å². The Hall–Kier alpha value is -1.09. The summed E-state index contributed by atoms with van der Waals surface area (Å²) in [6, 6.07) is 8.08. The van der Waals surface area contributed by atoms with Crippen molar-refractivity contribution in [1.29, 1.82) is 0 Å². The number of halogens is 2. The van der Waals surface area contributed by atoms with Crippen LogP contribution < -0.4 is 5.32 Å². The third-order valence-electron chi connectivity index (χ3n) is 3.54. The Bertz CT molecular complexity index is 599. The molecule has 1 aromatic carbocycles. The van der Waals surface area contributed by atoms with Crippen LogP contribution in [0, 0.1) is 6.92 Å². The van der Waals surface area contributed by atoms with E-state index < -0.39 is 0 Å². The lowest BCUT2D eigenvalue weighted by Crippen LogP contribution is -2.25. The van der Waals surface area contributed by atoms with Gasteiger partial charge in [0, 0.05) is 18.4 Å². The summed E-state index contributed by atoms with van der Waals surface area (Å²) in [5.74, 6) is 0. The van der Waals surface area contributed by atoms with E-state index in [0.29, 0.717) is 10.0 Å². The molecule has 0 aliphatic rings. The van der Waals surface area contributed by atoms with Crippen LogP contribution in [-0.2, 0) is 6.42 Å². The standard InChI is InChI=1S/C17H20Cl2N2/c1-3-8-21-16(14-7-9-20-11-12(14)2)10-13-5-4-6-15(18)17(13)19/h4-7,9,11,16,21H,3,8,10H2,1-2H3. The van der Waals surface area contributed by atoms with Crippen LogP contribution in [0.1, 0.15) is 36.1 Å². The van der Waals surface area contributed by atoms with Crippen LogP contribution in [0.25, 0.3) is 0 Å². The Morgan fingerprint density at radius 3 is 2.76 bits per heavy atom. The third-order valence-corrected chi connectivity index (χ3v) is 4.39. The first kappa shape index (κ1) is 16.3. The lowest BCUT2D eigenvalue weighted by molar-refractivity contribution is 0.526. The summed E-state index contributed by atoms with van der Waals surface area (Å²) >= 11 is 12.4. The monoisotopic (exact) mass is 322 g/mol. The fourth-order valence-corrected chi connectivity index (χ4v) is 2.81. The smallest absolute Gasteiger partial charge is 0.0624 e. The average molecular weight is 323 g/mol. The molecule has 0 fully saturated rings. The molecule has 112 valence electrons. The van der Waals surface area contributed by atoms with Gasteiger partial charge in [0.2, 0.25) is 0 Å². The number of nitrogens with zero attached hydrogens (tertiary/aromatic N) is 1. The van der Waals surface area contributed by atoms with Gasteiger partial charge in [0.05, 0.1) is 10.0 Å². The number of aryl methyl sites for hydroxylation is 1. The molecule has 0 amide bonds. The summed E-state index contributed by atoms with van der Waals surface area (Å²) < 4.78 is 0. The maximum absolute atomic E-state index is 6.33. The number of pyridine rings is 1. The zero-order valence-corrected chi connectivity index (χ0v) is 13.9. The van der Waals surface area contributed by atoms with Crippen LogP contribution in [0.15, 0.2) is 36.7 Å². The van der Waals surface area contributed by atoms with Crippen LogP contribution in [0.5, 0.6) is 0 Å². The molecule has 0 spiro atoms. The zero-order valence-electron chi connectivity index (χ0n) is 12.4. The lowest BCUT2D eigenvalue weighted by Gasteiger charge is -2.21. The van der Waals surface area contributed by atoms with E-state index in [1.54, 1.807) is 0 Å². The summed E-state index contributed by atoms with van der Waals surface area (Å²) in [7, 11) is 0. The van der Waals surface area contributed by atoms with Crippen molar-refractivity contribution in [3.8, 4) is 0 Å². The molecule has 4 heteroatoms. The first-order valence-electron chi connectivity index (χ1n) is 7.20. The van der Waals surface area contributed by atoms with Crippen molar-refractivity contribution in [1.82, 2.24) is 10.3 Å². The molecule has 21 heavy (non-hydrogen) atoms. The van der Waals surface area contributed by atoms with Gasteiger partial charge in [0.15, 0.2) is 0 Å². The zero-order chi connectivity index (χ0) is 15.2. The minimum Gasteiger partial charge on any atom is -0.310 e. The van der Waals surface area contributed by atoms with Crippen molar-refractivity contribution >= 4 is 23.2 Å². The molecule has 2 aromatic rings. The summed E-state index contributed by atoms with van der Waals surface area (Å²) in [4.78, 5) is 4.17. The molecule has 1 aromatic heterocycles. The molecule has 2 nitrogen and oxygen atoms in total. The fraction of sp³-hybridized carbons (Fsp3) is 0.353. The van der Waals surface area contributed by atoms with E-state index in [-0.39, 0.29) is 6.04 Å². The molecule has 1 heterocycles. The highest BCUT2D eigenvalue weighted by atomic mass is 35.5. The summed E-state index contributed by atoms with van der Waals surface area (Å²) in [6.07, 6.45) is 5.63. The van der Waals surface area contributed by atoms with Crippen LogP contribution in [0.4, 0.5) is 0 Å². The number of hydrogen-bond donors (Lipinski definition) is 1. The van der Waals surface area contributed by atoms with Crippen LogP contribution >= 0.6 is 23.2 Å². The first-order chi connectivity index (χ1) is 10.1. The Morgan fingerprint density at radius 2 is 2.05 bits per heavy atom. The Balaban J connectivity index is 2.28. The van der Waals surface area contributed by atoms with Gasteiger partial charge in [-0.25, -0.2) is 0 Å². The van der Waals surface area contributed by atoms with Crippen LogP contribution in [0.2, 0.25) is 10.0 Å². The second kappa shape index (κ2) is 7.79. The second-order valence-corrected chi connectivity index (χ2v) is 5.94. The van der Waals surface area contributed by atoms with Crippen molar-refractivity contribution < 1.29 is 0 Å². The van der Waals surface area contributed by atoms with Gasteiger partial charge >= 0.3 is 0 Å². The normalized spacial score (nSPS) is 12.4. The number of rotatable bonds is 6. The van der Waals surface area contributed by atoms with Crippen molar-refractivity contribution in [3.63, 3.8) is 0 Å². The molecular weight excluding hydrogens is 303 g/mol. The topological polar surface area (TPSA) is 24.9 Å². The molecule has 1 atom stereocenters. The predicted molar refractivity (Wildman–Crippen MR) is 90.2 cm³/mol. The van der Waals surface area contributed by atoms with E-state index in [4.69, 9.17) is 23.2 Å². The van der Waals surface area contributed by atoms with E-state index >= 15 is 0 Å². The number of hydrogen-bond acceptors (Lipinski definition) is 2. The van der Waals surface area contributed by atoms with E-state index in [1.165, 1.54) is 11.1 Å². The van der Waals surface area contributed by atoms with Crippen molar-refractivity contribution in [3.05, 3.63) is 63.4 Å². The first-order valence-corrected chi connectivity index (χ1v) is 7.95. The molecule has 0 aliphatic carbocycles. The average Bonchev–Trinajstić information content (AvgIpc) is 2.48. The van der Waals surface area contributed by atoms with Crippen molar-refractivity contribution in [2.75, 3.05) is 6.54 Å². The maximum atomic E-state index is 6.33. The number of aromatic nitrogens is 1. The molecule has 0 saturated heterocycles. The Labute approximate surface area is 136 Å². The number of nitrogens with one attached hydrogen (secondary N) is 1. The molecule has 1 N–H and O–H groups in total. The maximum Gasteiger partial charge on any atom is 0.0624 e. The SMILES string of the molecule is CCCNC(Cc1cccc(Cl)c1Cl)c1ccncc1C.